The number of carbonyl (C=O) groups is 1. The molecule has 1 unspecified atom stereocenters. The highest BCUT2D eigenvalue weighted by Crippen LogP contribution is 2.13. The van der Waals surface area contributed by atoms with E-state index in [9.17, 15) is 14.4 Å². The molecule has 0 saturated heterocycles. The van der Waals surface area contributed by atoms with Gasteiger partial charge in [-0.3, -0.25) is 24.2 Å². The summed E-state index contributed by atoms with van der Waals surface area (Å²) in [7, 11) is 1.53. The first-order chi connectivity index (χ1) is 8.81. The first-order valence-electron chi connectivity index (χ1n) is 5.60. The molecular weight excluding hydrogens is 272 g/mol. The summed E-state index contributed by atoms with van der Waals surface area (Å²) in [5, 5.41) is 14.5. The lowest BCUT2D eigenvalue weighted by atomic mass is 10.3. The van der Waals surface area contributed by atoms with Crippen molar-refractivity contribution in [2.45, 2.75) is 31.1 Å². The number of nitrogens with one attached hydrogen (secondary N) is 2. The van der Waals surface area contributed by atoms with E-state index in [2.05, 4.69) is 15.4 Å². The Labute approximate surface area is 113 Å². The zero-order valence-corrected chi connectivity index (χ0v) is 11.7. The van der Waals surface area contributed by atoms with Gasteiger partial charge in [0, 0.05) is 18.8 Å². The Kier molecular flexibility index (Phi) is 5.31. The lowest BCUT2D eigenvalue weighted by Gasteiger charge is -2.16. The standard InChI is InChI=1S/C10H16N4O4S/c1-5(2)11-6(9(17)18)4-19-10-12-7(15)8(16)13-14(10)3/h5-6,11H,4H2,1-3H3,(H,13,16)(H,17,18). The molecule has 0 aliphatic rings. The first-order valence-corrected chi connectivity index (χ1v) is 6.58. The third-order valence-corrected chi connectivity index (χ3v) is 3.28. The maximum absolute atomic E-state index is 11.1. The molecule has 3 N–H and O–H groups in total. The van der Waals surface area contributed by atoms with Crippen LogP contribution in [0.4, 0.5) is 0 Å². The van der Waals surface area contributed by atoms with Crippen molar-refractivity contribution >= 4 is 17.7 Å². The number of aliphatic carboxylic acids is 1. The number of carboxylic acids is 1. The highest BCUT2D eigenvalue weighted by atomic mass is 32.2. The summed E-state index contributed by atoms with van der Waals surface area (Å²) in [5.74, 6) is -0.782. The molecule has 0 spiro atoms. The third-order valence-electron chi connectivity index (χ3n) is 2.16. The fourth-order valence-electron chi connectivity index (χ4n) is 1.34. The minimum Gasteiger partial charge on any atom is -0.480 e. The van der Waals surface area contributed by atoms with Gasteiger partial charge in [-0.15, -0.1) is 0 Å². The van der Waals surface area contributed by atoms with Gasteiger partial charge in [0.1, 0.15) is 6.04 Å². The summed E-state index contributed by atoms with van der Waals surface area (Å²) >= 11 is 1.09. The highest BCUT2D eigenvalue weighted by Gasteiger charge is 2.19. The molecule has 0 aliphatic heterocycles. The number of aromatic nitrogens is 3. The van der Waals surface area contributed by atoms with Crippen molar-refractivity contribution in [3.8, 4) is 0 Å². The largest absolute Gasteiger partial charge is 0.480 e. The molecule has 19 heavy (non-hydrogen) atoms. The van der Waals surface area contributed by atoms with Crippen LogP contribution in [0.15, 0.2) is 14.7 Å². The van der Waals surface area contributed by atoms with Crippen molar-refractivity contribution in [1.29, 1.82) is 0 Å². The Morgan fingerprint density at radius 3 is 2.68 bits per heavy atom. The van der Waals surface area contributed by atoms with Crippen LogP contribution in [0.3, 0.4) is 0 Å². The number of aryl methyl sites for hydroxylation is 1. The molecule has 106 valence electrons. The molecule has 0 saturated carbocycles. The Hall–Kier alpha value is -1.61. The van der Waals surface area contributed by atoms with E-state index in [1.807, 2.05) is 13.8 Å². The summed E-state index contributed by atoms with van der Waals surface area (Å²) in [6.45, 7) is 3.68. The second-order valence-electron chi connectivity index (χ2n) is 4.22. The van der Waals surface area contributed by atoms with Crippen molar-refractivity contribution in [1.82, 2.24) is 20.1 Å². The highest BCUT2D eigenvalue weighted by molar-refractivity contribution is 7.99. The van der Waals surface area contributed by atoms with Crippen LogP contribution in [0.25, 0.3) is 0 Å². The smallest absolute Gasteiger partial charge is 0.339 e. The molecule has 1 rings (SSSR count). The van der Waals surface area contributed by atoms with Gasteiger partial charge in [-0.25, -0.2) is 0 Å². The van der Waals surface area contributed by atoms with Crippen molar-refractivity contribution in [3.63, 3.8) is 0 Å². The molecule has 8 nitrogen and oxygen atoms in total. The molecule has 0 fully saturated rings. The number of carboxylic acid groups (broad SMARTS) is 1. The Bertz CT molecular complexity index is 565. The molecule has 1 aromatic heterocycles. The summed E-state index contributed by atoms with van der Waals surface area (Å²) in [5.41, 5.74) is -1.69. The zero-order chi connectivity index (χ0) is 14.6. The van der Waals surface area contributed by atoms with Gasteiger partial charge >= 0.3 is 17.1 Å². The number of nitrogens with zero attached hydrogens (tertiary/aromatic N) is 2. The second kappa shape index (κ2) is 6.53. The number of rotatable bonds is 6. The molecule has 0 aromatic carbocycles. The zero-order valence-electron chi connectivity index (χ0n) is 10.8. The number of H-pyrrole nitrogens is 1. The van der Waals surface area contributed by atoms with Crippen LogP contribution in [-0.2, 0) is 11.8 Å². The summed E-state index contributed by atoms with van der Waals surface area (Å²) < 4.78 is 1.29. The number of hydrogen-bond acceptors (Lipinski definition) is 6. The van der Waals surface area contributed by atoms with E-state index in [1.165, 1.54) is 11.7 Å². The van der Waals surface area contributed by atoms with Crippen LogP contribution in [0.5, 0.6) is 0 Å². The van der Waals surface area contributed by atoms with Gasteiger partial charge in [0.25, 0.3) is 0 Å². The molecule has 9 heteroatoms. The van der Waals surface area contributed by atoms with Crippen molar-refractivity contribution in [2.24, 2.45) is 7.05 Å². The van der Waals surface area contributed by atoms with E-state index in [0.717, 1.165) is 11.8 Å². The van der Waals surface area contributed by atoms with Gasteiger partial charge in [-0.1, -0.05) is 25.6 Å². The molecule has 0 bridgehead atoms. The van der Waals surface area contributed by atoms with Crippen molar-refractivity contribution in [3.05, 3.63) is 20.7 Å². The van der Waals surface area contributed by atoms with Crippen LogP contribution in [0.2, 0.25) is 0 Å². The minimum atomic E-state index is -0.976. The Balaban J connectivity index is 2.80. The molecular formula is C10H16N4O4S. The topological polar surface area (TPSA) is 117 Å². The van der Waals surface area contributed by atoms with E-state index >= 15 is 0 Å². The van der Waals surface area contributed by atoms with Crippen LogP contribution in [-0.4, -0.2) is 43.7 Å². The summed E-state index contributed by atoms with van der Waals surface area (Å²) in [4.78, 5) is 36.8. The summed E-state index contributed by atoms with van der Waals surface area (Å²) in [6.07, 6.45) is 0. The van der Waals surface area contributed by atoms with Crippen molar-refractivity contribution in [2.75, 3.05) is 5.75 Å². The number of aromatic amines is 1. The molecule has 0 radical (unpaired) electrons. The predicted octanol–water partition coefficient (Wildman–Crippen LogP) is -0.988. The fraction of sp³-hybridized carbons (Fsp3) is 0.600. The normalized spacial score (nSPS) is 12.6. The fourth-order valence-corrected chi connectivity index (χ4v) is 2.28. The van der Waals surface area contributed by atoms with Gasteiger partial charge in [-0.2, -0.15) is 4.98 Å². The Morgan fingerprint density at radius 1 is 1.53 bits per heavy atom. The SMILES string of the molecule is CC(C)NC(CSc1nc(=O)c(=O)[nH]n1C)C(=O)O. The molecule has 0 aliphatic carbocycles. The molecule has 1 heterocycles. The average molecular weight is 288 g/mol. The van der Waals surface area contributed by atoms with E-state index < -0.39 is 23.1 Å². The van der Waals surface area contributed by atoms with Crippen LogP contribution >= 0.6 is 11.8 Å². The van der Waals surface area contributed by atoms with E-state index in [4.69, 9.17) is 5.11 Å². The average Bonchev–Trinajstić information content (AvgIpc) is 2.29. The van der Waals surface area contributed by atoms with Gasteiger partial charge in [-0.05, 0) is 0 Å². The minimum absolute atomic E-state index is 0.0223. The predicted molar refractivity (Wildman–Crippen MR) is 70.5 cm³/mol. The Morgan fingerprint density at radius 2 is 2.16 bits per heavy atom. The van der Waals surface area contributed by atoms with Crippen LogP contribution in [0, 0.1) is 0 Å². The van der Waals surface area contributed by atoms with Crippen LogP contribution in [0.1, 0.15) is 13.8 Å². The maximum atomic E-state index is 11.1. The summed E-state index contributed by atoms with van der Waals surface area (Å²) in [6, 6.07) is -0.733. The monoisotopic (exact) mass is 288 g/mol. The van der Waals surface area contributed by atoms with Crippen molar-refractivity contribution < 1.29 is 9.90 Å². The quantitative estimate of drug-likeness (QED) is 0.454. The maximum Gasteiger partial charge on any atom is 0.339 e. The lowest BCUT2D eigenvalue weighted by molar-refractivity contribution is -0.139. The number of thioether (sulfide) groups is 1. The van der Waals surface area contributed by atoms with E-state index in [0.29, 0.717) is 0 Å². The van der Waals surface area contributed by atoms with Gasteiger partial charge < -0.3 is 10.4 Å². The number of hydrogen-bond donors (Lipinski definition) is 3. The van der Waals surface area contributed by atoms with Gasteiger partial charge in [0.15, 0.2) is 5.16 Å². The molecule has 1 aromatic rings. The van der Waals surface area contributed by atoms with E-state index in [-0.39, 0.29) is 17.0 Å². The lowest BCUT2D eigenvalue weighted by Crippen LogP contribution is -2.43. The third kappa shape index (κ3) is 4.52. The van der Waals surface area contributed by atoms with Gasteiger partial charge in [0.05, 0.1) is 0 Å². The molecule has 1 atom stereocenters. The second-order valence-corrected chi connectivity index (χ2v) is 5.21. The van der Waals surface area contributed by atoms with E-state index in [1.54, 1.807) is 0 Å². The van der Waals surface area contributed by atoms with Gasteiger partial charge in [0.2, 0.25) is 0 Å². The van der Waals surface area contributed by atoms with Crippen LogP contribution < -0.4 is 16.4 Å². The first kappa shape index (κ1) is 15.4. The molecule has 0 amide bonds.